The van der Waals surface area contributed by atoms with Gasteiger partial charge in [-0.1, -0.05) is 170 Å². The number of furan rings is 1. The molecule has 1 atom stereocenters. The first-order chi connectivity index (χ1) is 28.7. The van der Waals surface area contributed by atoms with Gasteiger partial charge >= 0.3 is 0 Å². The second kappa shape index (κ2) is 13.0. The molecule has 3 heteroatoms. The Morgan fingerprint density at radius 2 is 1.02 bits per heavy atom. The number of aromatic nitrogens is 2. The lowest BCUT2D eigenvalue weighted by atomic mass is 9.88. The molecule has 3 nitrogen and oxygen atoms in total. The Morgan fingerprint density at radius 3 is 1.84 bits per heavy atom. The summed E-state index contributed by atoms with van der Waals surface area (Å²) in [5.74, 6) is 0.773. The number of hydrogen-bond donors (Lipinski definition) is 0. The van der Waals surface area contributed by atoms with Gasteiger partial charge in [0.2, 0.25) is 0 Å². The molecule has 0 amide bonds. The molecule has 0 fully saturated rings. The van der Waals surface area contributed by atoms with Crippen molar-refractivity contribution in [1.82, 2.24) is 9.97 Å². The van der Waals surface area contributed by atoms with Crippen LogP contribution in [0.4, 0.5) is 0 Å². The summed E-state index contributed by atoms with van der Waals surface area (Å²) in [6.45, 7) is 0. The van der Waals surface area contributed by atoms with Crippen molar-refractivity contribution in [3.63, 3.8) is 0 Å². The van der Waals surface area contributed by atoms with E-state index in [1.165, 1.54) is 55.1 Å². The maximum atomic E-state index is 6.77. The van der Waals surface area contributed by atoms with E-state index >= 15 is 0 Å². The molecule has 9 aromatic carbocycles. The predicted octanol–water partition coefficient (Wildman–Crippen LogP) is 14.5. The van der Waals surface area contributed by atoms with Gasteiger partial charge in [-0.3, -0.25) is 0 Å². The van der Waals surface area contributed by atoms with Gasteiger partial charge < -0.3 is 4.42 Å². The van der Waals surface area contributed by atoms with Crippen LogP contribution in [-0.2, 0) is 0 Å². The Kier molecular flexibility index (Phi) is 7.29. The summed E-state index contributed by atoms with van der Waals surface area (Å²) in [4.78, 5) is 10.5. The molecule has 11 aromatic rings. The van der Waals surface area contributed by atoms with Crippen LogP contribution in [-0.4, -0.2) is 9.97 Å². The molecule has 2 heterocycles. The molecule has 0 N–H and O–H groups in total. The lowest BCUT2D eigenvalue weighted by molar-refractivity contribution is 0.668. The summed E-state index contributed by atoms with van der Waals surface area (Å²) >= 11 is 0. The summed E-state index contributed by atoms with van der Waals surface area (Å²) in [6, 6.07) is 71.5. The van der Waals surface area contributed by atoms with Crippen LogP contribution in [0, 0.1) is 0 Å². The average Bonchev–Trinajstić information content (AvgIpc) is 3.84. The second-order valence-electron chi connectivity index (χ2n) is 15.3. The van der Waals surface area contributed by atoms with Crippen molar-refractivity contribution in [2.45, 2.75) is 5.92 Å². The van der Waals surface area contributed by atoms with Crippen molar-refractivity contribution in [3.05, 3.63) is 217 Å². The Labute approximate surface area is 335 Å². The standard InChI is InChI=1S/C55H34N2O/c1-2-14-36(15-3-1)42-20-10-22-47-52(43-18-8-9-19-44(43)53(42)47)40-28-29-46-51(32-40)58-50-23-11-21-45(54(46)50)49-33-48(39-26-24-34-12-4-6-16-37(34)30-39)56-55(57-49)41-27-25-35-13-5-7-17-38(35)31-41/h1-33,52H. The third kappa shape index (κ3) is 5.21. The van der Waals surface area contributed by atoms with Crippen molar-refractivity contribution in [3.8, 4) is 56.2 Å². The van der Waals surface area contributed by atoms with Crippen LogP contribution in [0.15, 0.2) is 205 Å². The summed E-state index contributed by atoms with van der Waals surface area (Å²) in [5, 5.41) is 6.84. The lowest BCUT2D eigenvalue weighted by Gasteiger charge is -2.15. The smallest absolute Gasteiger partial charge is 0.160 e. The lowest BCUT2D eigenvalue weighted by Crippen LogP contribution is -1.99. The minimum atomic E-state index is 0.0860. The van der Waals surface area contributed by atoms with Crippen LogP contribution in [0.5, 0.6) is 0 Å². The van der Waals surface area contributed by atoms with Crippen LogP contribution < -0.4 is 0 Å². The Hall–Kier alpha value is -7.62. The topological polar surface area (TPSA) is 38.9 Å². The molecule has 0 aliphatic heterocycles. The van der Waals surface area contributed by atoms with Crippen molar-refractivity contribution < 1.29 is 4.42 Å². The average molecular weight is 739 g/mol. The number of rotatable bonds is 5. The molecule has 1 unspecified atom stereocenters. The largest absolute Gasteiger partial charge is 0.456 e. The molecule has 0 saturated carbocycles. The highest BCUT2D eigenvalue weighted by atomic mass is 16.3. The number of hydrogen-bond acceptors (Lipinski definition) is 3. The van der Waals surface area contributed by atoms with Gasteiger partial charge in [0, 0.05) is 33.4 Å². The van der Waals surface area contributed by atoms with Crippen molar-refractivity contribution in [1.29, 1.82) is 0 Å². The van der Waals surface area contributed by atoms with Gasteiger partial charge in [0.1, 0.15) is 11.2 Å². The summed E-state index contributed by atoms with van der Waals surface area (Å²) in [6.07, 6.45) is 0. The molecule has 0 spiro atoms. The molecule has 0 bridgehead atoms. The van der Waals surface area contributed by atoms with Crippen molar-refractivity contribution >= 4 is 43.5 Å². The van der Waals surface area contributed by atoms with E-state index < -0.39 is 0 Å². The Bertz CT molecular complexity index is 3320. The zero-order chi connectivity index (χ0) is 38.2. The number of benzene rings is 9. The van der Waals surface area contributed by atoms with Gasteiger partial charge in [0.15, 0.2) is 5.82 Å². The maximum Gasteiger partial charge on any atom is 0.160 e. The van der Waals surface area contributed by atoms with Crippen LogP contribution in [0.2, 0.25) is 0 Å². The SMILES string of the molecule is c1ccc(-c2cccc3c2-c2ccccc2C3c2ccc3c(c2)oc2cccc(-c4cc(-c5ccc6ccccc6c5)nc(-c5ccc6ccccc6c5)n4)c23)cc1. The first-order valence-electron chi connectivity index (χ1n) is 19.8. The predicted molar refractivity (Wildman–Crippen MR) is 239 cm³/mol. The summed E-state index contributed by atoms with van der Waals surface area (Å²) in [7, 11) is 0. The third-order valence-electron chi connectivity index (χ3n) is 11.9. The first kappa shape index (κ1) is 32.6. The highest BCUT2D eigenvalue weighted by Crippen LogP contribution is 2.52. The maximum absolute atomic E-state index is 6.77. The van der Waals surface area contributed by atoms with E-state index in [2.05, 4.69) is 200 Å². The van der Waals surface area contributed by atoms with Crippen LogP contribution >= 0.6 is 0 Å². The summed E-state index contributed by atoms with van der Waals surface area (Å²) < 4.78 is 6.77. The van der Waals surface area contributed by atoms with E-state index in [0.717, 1.165) is 55.4 Å². The van der Waals surface area contributed by atoms with Gasteiger partial charge in [-0.15, -0.1) is 0 Å². The number of fused-ring (bicyclic) bond motifs is 8. The molecule has 0 saturated heterocycles. The van der Waals surface area contributed by atoms with Crippen LogP contribution in [0.1, 0.15) is 22.6 Å². The van der Waals surface area contributed by atoms with Gasteiger partial charge in [0.25, 0.3) is 0 Å². The van der Waals surface area contributed by atoms with Gasteiger partial charge in [-0.2, -0.15) is 0 Å². The first-order valence-corrected chi connectivity index (χ1v) is 19.8. The molecule has 1 aliphatic rings. The van der Waals surface area contributed by atoms with Crippen LogP contribution in [0.3, 0.4) is 0 Å². The fraction of sp³-hybridized carbons (Fsp3) is 0.0182. The fourth-order valence-corrected chi connectivity index (χ4v) is 9.25. The van der Waals surface area contributed by atoms with Crippen LogP contribution in [0.25, 0.3) is 99.6 Å². The third-order valence-corrected chi connectivity index (χ3v) is 11.9. The second-order valence-corrected chi connectivity index (χ2v) is 15.3. The van der Waals surface area contributed by atoms with Gasteiger partial charge in [0.05, 0.1) is 11.4 Å². The van der Waals surface area contributed by atoms with Gasteiger partial charge in [-0.25, -0.2) is 9.97 Å². The van der Waals surface area contributed by atoms with Crippen molar-refractivity contribution in [2.75, 3.05) is 0 Å². The zero-order valence-corrected chi connectivity index (χ0v) is 31.4. The van der Waals surface area contributed by atoms with E-state index in [9.17, 15) is 0 Å². The zero-order valence-electron chi connectivity index (χ0n) is 31.4. The van der Waals surface area contributed by atoms with E-state index in [-0.39, 0.29) is 5.92 Å². The fourth-order valence-electron chi connectivity index (χ4n) is 9.25. The Balaban J connectivity index is 1.03. The normalized spacial score (nSPS) is 13.3. The minimum Gasteiger partial charge on any atom is -0.456 e. The Morgan fingerprint density at radius 1 is 0.379 bits per heavy atom. The van der Waals surface area contributed by atoms with E-state index in [0.29, 0.717) is 5.82 Å². The van der Waals surface area contributed by atoms with Gasteiger partial charge in [-0.05, 0) is 90.8 Å². The number of nitrogens with zero attached hydrogens (tertiary/aromatic N) is 2. The molecule has 58 heavy (non-hydrogen) atoms. The van der Waals surface area contributed by atoms with Crippen molar-refractivity contribution in [2.24, 2.45) is 0 Å². The van der Waals surface area contributed by atoms with E-state index in [1.54, 1.807) is 0 Å². The van der Waals surface area contributed by atoms with E-state index in [1.807, 2.05) is 0 Å². The molecule has 0 radical (unpaired) electrons. The molecule has 12 rings (SSSR count). The van der Waals surface area contributed by atoms with E-state index in [4.69, 9.17) is 14.4 Å². The highest BCUT2D eigenvalue weighted by molar-refractivity contribution is 6.12. The molecule has 2 aromatic heterocycles. The molecular weight excluding hydrogens is 705 g/mol. The highest BCUT2D eigenvalue weighted by Gasteiger charge is 2.32. The summed E-state index contributed by atoms with van der Waals surface area (Å²) in [5.41, 5.74) is 15.4. The molecule has 1 aliphatic carbocycles. The molecular formula is C55H34N2O. The monoisotopic (exact) mass is 738 g/mol. The quantitative estimate of drug-likeness (QED) is 0.176. The molecule has 270 valence electrons. The minimum absolute atomic E-state index is 0.0860.